The molecule has 0 saturated heterocycles. The molecule has 0 aliphatic heterocycles. The van der Waals surface area contributed by atoms with Crippen LogP contribution in [0.3, 0.4) is 0 Å². The largest absolute Gasteiger partial charge is 0.370 e. The summed E-state index contributed by atoms with van der Waals surface area (Å²) in [5.74, 6) is 0. The van der Waals surface area contributed by atoms with E-state index in [1.807, 2.05) is 0 Å². The molecular formula is C16H26N2. The fourth-order valence-electron chi connectivity index (χ4n) is 2.34. The lowest BCUT2D eigenvalue weighted by atomic mass is 10.0. The van der Waals surface area contributed by atoms with E-state index < -0.39 is 0 Å². The van der Waals surface area contributed by atoms with Crippen molar-refractivity contribution < 1.29 is 0 Å². The third-order valence-corrected chi connectivity index (χ3v) is 3.09. The fourth-order valence-corrected chi connectivity index (χ4v) is 2.34. The molecule has 0 spiro atoms. The van der Waals surface area contributed by atoms with Crippen LogP contribution in [0.2, 0.25) is 0 Å². The van der Waals surface area contributed by atoms with E-state index in [4.69, 9.17) is 0 Å². The number of likely N-dealkylation sites (N-methyl/N-ethyl adjacent to an activating group) is 1. The molecule has 0 aliphatic carbocycles. The minimum Gasteiger partial charge on any atom is -0.370 e. The van der Waals surface area contributed by atoms with E-state index in [-0.39, 0.29) is 0 Å². The van der Waals surface area contributed by atoms with Crippen LogP contribution < -0.4 is 10.2 Å². The highest BCUT2D eigenvalue weighted by Gasteiger charge is 2.14. The second-order valence-electron chi connectivity index (χ2n) is 4.89. The molecule has 100 valence electrons. The molecule has 1 rings (SSSR count). The molecule has 0 heterocycles. The van der Waals surface area contributed by atoms with Gasteiger partial charge in [0.05, 0.1) is 0 Å². The molecule has 1 N–H and O–H groups in total. The molecule has 1 atom stereocenters. The van der Waals surface area contributed by atoms with Gasteiger partial charge in [-0.3, -0.25) is 0 Å². The number of anilines is 1. The Labute approximate surface area is 112 Å². The summed E-state index contributed by atoms with van der Waals surface area (Å²) in [4.78, 5) is 2.28. The van der Waals surface area contributed by atoms with Crippen LogP contribution in [0.5, 0.6) is 0 Å². The Kier molecular flexibility index (Phi) is 5.93. The molecule has 0 saturated carbocycles. The first-order valence-corrected chi connectivity index (χ1v) is 6.77. The van der Waals surface area contributed by atoms with E-state index in [1.165, 1.54) is 16.8 Å². The van der Waals surface area contributed by atoms with Crippen molar-refractivity contribution in [3.8, 4) is 0 Å². The van der Waals surface area contributed by atoms with Crippen LogP contribution in [0.25, 0.3) is 0 Å². The zero-order valence-electron chi connectivity index (χ0n) is 12.2. The zero-order valence-corrected chi connectivity index (χ0v) is 12.2. The second-order valence-corrected chi connectivity index (χ2v) is 4.89. The molecule has 0 radical (unpaired) electrons. The van der Waals surface area contributed by atoms with Gasteiger partial charge in [0.1, 0.15) is 0 Å². The Morgan fingerprint density at radius 1 is 1.33 bits per heavy atom. The Hall–Kier alpha value is -1.28. The van der Waals surface area contributed by atoms with Crippen molar-refractivity contribution in [2.45, 2.75) is 33.2 Å². The van der Waals surface area contributed by atoms with Gasteiger partial charge in [-0.15, -0.1) is 0 Å². The Morgan fingerprint density at radius 3 is 2.56 bits per heavy atom. The summed E-state index contributed by atoms with van der Waals surface area (Å²) in [6.45, 7) is 12.3. The average Bonchev–Trinajstić information content (AvgIpc) is 2.35. The molecule has 0 fully saturated rings. The first-order chi connectivity index (χ1) is 8.60. The van der Waals surface area contributed by atoms with Crippen molar-refractivity contribution in [1.29, 1.82) is 0 Å². The van der Waals surface area contributed by atoms with Gasteiger partial charge in [-0.05, 0) is 31.5 Å². The molecule has 2 heteroatoms. The Bertz CT molecular complexity index is 384. The topological polar surface area (TPSA) is 15.3 Å². The molecule has 2 nitrogen and oxygen atoms in total. The predicted molar refractivity (Wildman–Crippen MR) is 81.2 cm³/mol. The number of nitrogens with one attached hydrogen (secondary N) is 1. The standard InChI is InChI=1S/C16H26N2/c1-6-15(17-7-2)14-10-8-9-11-16(14)18(5)12-13(3)4/h8-11,15,17H,3,6-7,12H2,1-2,4-5H3. The molecule has 1 aromatic carbocycles. The molecule has 0 amide bonds. The van der Waals surface area contributed by atoms with E-state index in [2.05, 4.69) is 68.9 Å². The van der Waals surface area contributed by atoms with Gasteiger partial charge in [-0.2, -0.15) is 0 Å². The summed E-state index contributed by atoms with van der Waals surface area (Å²) in [6, 6.07) is 9.07. The van der Waals surface area contributed by atoms with Crippen LogP contribution in [0.1, 0.15) is 38.8 Å². The van der Waals surface area contributed by atoms with E-state index in [0.717, 1.165) is 19.5 Å². The average molecular weight is 246 g/mol. The van der Waals surface area contributed by atoms with Crippen molar-refractivity contribution in [3.05, 3.63) is 42.0 Å². The molecule has 1 unspecified atom stereocenters. The SMILES string of the molecule is C=C(C)CN(C)c1ccccc1C(CC)NCC. The van der Waals surface area contributed by atoms with E-state index >= 15 is 0 Å². The normalized spacial score (nSPS) is 12.2. The van der Waals surface area contributed by atoms with Gasteiger partial charge in [-0.1, -0.05) is 44.2 Å². The number of nitrogens with zero attached hydrogens (tertiary/aromatic N) is 1. The minimum absolute atomic E-state index is 0.429. The smallest absolute Gasteiger partial charge is 0.0415 e. The van der Waals surface area contributed by atoms with Crippen molar-refractivity contribution in [1.82, 2.24) is 5.32 Å². The van der Waals surface area contributed by atoms with Crippen molar-refractivity contribution >= 4 is 5.69 Å². The lowest BCUT2D eigenvalue weighted by Crippen LogP contribution is -2.25. The molecular weight excluding hydrogens is 220 g/mol. The van der Waals surface area contributed by atoms with Crippen molar-refractivity contribution in [2.75, 3.05) is 25.0 Å². The monoisotopic (exact) mass is 246 g/mol. The van der Waals surface area contributed by atoms with Gasteiger partial charge in [0, 0.05) is 25.3 Å². The summed E-state index contributed by atoms with van der Waals surface area (Å²) >= 11 is 0. The van der Waals surface area contributed by atoms with E-state index in [1.54, 1.807) is 0 Å². The van der Waals surface area contributed by atoms with Crippen molar-refractivity contribution in [2.24, 2.45) is 0 Å². The van der Waals surface area contributed by atoms with Gasteiger partial charge in [0.2, 0.25) is 0 Å². The lowest BCUT2D eigenvalue weighted by molar-refractivity contribution is 0.537. The van der Waals surface area contributed by atoms with Crippen LogP contribution in [-0.4, -0.2) is 20.1 Å². The number of hydrogen-bond donors (Lipinski definition) is 1. The summed E-state index contributed by atoms with van der Waals surface area (Å²) in [6.07, 6.45) is 1.10. The molecule has 0 aromatic heterocycles. The number of hydrogen-bond acceptors (Lipinski definition) is 2. The van der Waals surface area contributed by atoms with E-state index in [0.29, 0.717) is 6.04 Å². The van der Waals surface area contributed by atoms with Gasteiger partial charge in [0.15, 0.2) is 0 Å². The molecule has 1 aromatic rings. The lowest BCUT2D eigenvalue weighted by Gasteiger charge is -2.26. The first kappa shape index (κ1) is 14.8. The second kappa shape index (κ2) is 7.22. The minimum atomic E-state index is 0.429. The molecule has 18 heavy (non-hydrogen) atoms. The van der Waals surface area contributed by atoms with Gasteiger partial charge in [0.25, 0.3) is 0 Å². The van der Waals surface area contributed by atoms with Crippen LogP contribution >= 0.6 is 0 Å². The predicted octanol–water partition coefficient (Wildman–Crippen LogP) is 3.76. The van der Waals surface area contributed by atoms with Crippen LogP contribution in [0, 0.1) is 0 Å². The number of benzene rings is 1. The third-order valence-electron chi connectivity index (χ3n) is 3.09. The molecule has 0 bridgehead atoms. The van der Waals surface area contributed by atoms with Crippen LogP contribution in [-0.2, 0) is 0 Å². The summed E-state index contributed by atoms with van der Waals surface area (Å²) in [5, 5.41) is 3.55. The highest BCUT2D eigenvalue weighted by atomic mass is 15.1. The maximum Gasteiger partial charge on any atom is 0.0415 e. The Balaban J connectivity index is 3.00. The number of rotatable bonds is 7. The number of para-hydroxylation sites is 1. The Morgan fingerprint density at radius 2 is 2.00 bits per heavy atom. The maximum atomic E-state index is 3.99. The third kappa shape index (κ3) is 3.88. The quantitative estimate of drug-likeness (QED) is 0.737. The highest BCUT2D eigenvalue weighted by molar-refractivity contribution is 5.55. The zero-order chi connectivity index (χ0) is 13.5. The van der Waals surface area contributed by atoms with Gasteiger partial charge >= 0.3 is 0 Å². The molecule has 0 aliphatic rings. The highest BCUT2D eigenvalue weighted by Crippen LogP contribution is 2.27. The first-order valence-electron chi connectivity index (χ1n) is 6.77. The summed E-state index contributed by atoms with van der Waals surface area (Å²) < 4.78 is 0. The van der Waals surface area contributed by atoms with Gasteiger partial charge < -0.3 is 10.2 Å². The fraction of sp³-hybridized carbons (Fsp3) is 0.500. The summed E-state index contributed by atoms with van der Waals surface area (Å²) in [5.41, 5.74) is 3.86. The van der Waals surface area contributed by atoms with Crippen LogP contribution in [0.4, 0.5) is 5.69 Å². The van der Waals surface area contributed by atoms with E-state index in [9.17, 15) is 0 Å². The van der Waals surface area contributed by atoms with Gasteiger partial charge in [-0.25, -0.2) is 0 Å². The van der Waals surface area contributed by atoms with Crippen molar-refractivity contribution in [3.63, 3.8) is 0 Å². The van der Waals surface area contributed by atoms with Crippen LogP contribution in [0.15, 0.2) is 36.4 Å². The summed E-state index contributed by atoms with van der Waals surface area (Å²) in [7, 11) is 2.13. The maximum absolute atomic E-state index is 3.99.